The van der Waals surface area contributed by atoms with Crippen LogP contribution in [-0.4, -0.2) is 45.6 Å². The normalized spacial score (nSPS) is 38.5. The van der Waals surface area contributed by atoms with Gasteiger partial charge in [0.15, 0.2) is 5.70 Å². The van der Waals surface area contributed by atoms with E-state index in [0.29, 0.717) is 31.1 Å². The molecule has 1 heterocycles. The second-order valence-corrected chi connectivity index (χ2v) is 11.0. The predicted molar refractivity (Wildman–Crippen MR) is 134 cm³/mol. The zero-order chi connectivity index (χ0) is 26.1. The molecule has 1 saturated carbocycles. The number of carbonyl (C=O) groups excluding carboxylic acids is 1. The van der Waals surface area contributed by atoms with Crippen molar-refractivity contribution in [2.45, 2.75) is 97.4 Å². The zero-order valence-corrected chi connectivity index (χ0v) is 21.6. The molecule has 0 saturated heterocycles. The SMILES string of the molecule is [C-]#[N+]C1=CC=CCC(C2CCCC2C(=O)O)OC(=O)CC(O)C(C)CC(C)CC(C)CC(C)C1O. The third-order valence-electron chi connectivity index (χ3n) is 7.78. The summed E-state index contributed by atoms with van der Waals surface area (Å²) in [4.78, 5) is 28.0. The first-order valence-corrected chi connectivity index (χ1v) is 13.1. The molecule has 0 radical (unpaired) electrons. The molecule has 0 amide bonds. The van der Waals surface area contributed by atoms with Crippen molar-refractivity contribution in [2.24, 2.45) is 35.5 Å². The molecule has 196 valence electrons. The highest BCUT2D eigenvalue weighted by molar-refractivity contribution is 5.72. The van der Waals surface area contributed by atoms with E-state index in [9.17, 15) is 24.9 Å². The third kappa shape index (κ3) is 8.77. The van der Waals surface area contributed by atoms with E-state index in [4.69, 9.17) is 11.3 Å². The Bertz CT molecular complexity index is 815. The molecule has 7 nitrogen and oxygen atoms in total. The first kappa shape index (κ1) is 29.1. The number of aliphatic hydroxyl groups excluding tert-OH is 2. The molecule has 1 aliphatic carbocycles. The van der Waals surface area contributed by atoms with Gasteiger partial charge in [-0.3, -0.25) is 9.59 Å². The number of nitrogens with zero attached hydrogens (tertiary/aromatic N) is 1. The van der Waals surface area contributed by atoms with Crippen molar-refractivity contribution in [3.05, 3.63) is 35.3 Å². The van der Waals surface area contributed by atoms with Crippen LogP contribution >= 0.6 is 0 Å². The first-order valence-electron chi connectivity index (χ1n) is 13.1. The van der Waals surface area contributed by atoms with E-state index < -0.39 is 36.2 Å². The van der Waals surface area contributed by atoms with Crippen LogP contribution in [0.25, 0.3) is 4.85 Å². The maximum Gasteiger partial charge on any atom is 0.308 e. The van der Waals surface area contributed by atoms with Crippen LogP contribution in [0.2, 0.25) is 0 Å². The minimum Gasteiger partial charge on any atom is -0.481 e. The molecule has 2 aliphatic rings. The van der Waals surface area contributed by atoms with Crippen molar-refractivity contribution >= 4 is 11.9 Å². The van der Waals surface area contributed by atoms with E-state index in [-0.39, 0.29) is 29.9 Å². The van der Waals surface area contributed by atoms with E-state index in [0.717, 1.165) is 25.7 Å². The van der Waals surface area contributed by atoms with Gasteiger partial charge in [-0.25, -0.2) is 4.85 Å². The summed E-state index contributed by atoms with van der Waals surface area (Å²) in [5, 5.41) is 31.1. The highest BCUT2D eigenvalue weighted by atomic mass is 16.5. The molecule has 0 aromatic rings. The number of cyclic esters (lactones) is 1. The summed E-state index contributed by atoms with van der Waals surface area (Å²) in [7, 11) is 0. The second-order valence-electron chi connectivity index (χ2n) is 11.0. The highest BCUT2D eigenvalue weighted by Crippen LogP contribution is 2.37. The fourth-order valence-electron chi connectivity index (χ4n) is 5.95. The lowest BCUT2D eigenvalue weighted by Crippen LogP contribution is -2.34. The Balaban J connectivity index is 2.30. The minimum absolute atomic E-state index is 0.0728. The van der Waals surface area contributed by atoms with Gasteiger partial charge in [0.1, 0.15) is 6.10 Å². The van der Waals surface area contributed by atoms with Crippen LogP contribution in [0.5, 0.6) is 0 Å². The van der Waals surface area contributed by atoms with Crippen LogP contribution in [0.15, 0.2) is 23.9 Å². The quantitative estimate of drug-likeness (QED) is 0.373. The van der Waals surface area contributed by atoms with Crippen molar-refractivity contribution in [3.8, 4) is 0 Å². The van der Waals surface area contributed by atoms with Gasteiger partial charge in [0.2, 0.25) is 0 Å². The van der Waals surface area contributed by atoms with E-state index in [1.54, 1.807) is 18.2 Å². The van der Waals surface area contributed by atoms with Crippen LogP contribution in [-0.2, 0) is 14.3 Å². The number of allylic oxidation sites excluding steroid dienone is 2. The van der Waals surface area contributed by atoms with Gasteiger partial charge in [0.25, 0.3) is 0 Å². The van der Waals surface area contributed by atoms with Crippen molar-refractivity contribution in [1.82, 2.24) is 0 Å². The van der Waals surface area contributed by atoms with Crippen LogP contribution in [0, 0.1) is 42.1 Å². The third-order valence-corrected chi connectivity index (χ3v) is 7.78. The van der Waals surface area contributed by atoms with Crippen molar-refractivity contribution in [2.75, 3.05) is 0 Å². The molecule has 1 fully saturated rings. The Labute approximate surface area is 210 Å². The Morgan fingerprint density at radius 2 is 1.71 bits per heavy atom. The monoisotopic (exact) mass is 489 g/mol. The highest BCUT2D eigenvalue weighted by Gasteiger charge is 2.39. The van der Waals surface area contributed by atoms with Crippen molar-refractivity contribution in [3.63, 3.8) is 0 Å². The number of carbonyl (C=O) groups is 2. The number of ether oxygens (including phenoxy) is 1. The summed E-state index contributed by atoms with van der Waals surface area (Å²) in [5.74, 6) is -1.73. The van der Waals surface area contributed by atoms with Crippen LogP contribution in [0.3, 0.4) is 0 Å². The number of hydrogen-bond donors (Lipinski definition) is 3. The Kier molecular flexibility index (Phi) is 11.5. The number of aliphatic carboxylic acids is 1. The van der Waals surface area contributed by atoms with E-state index in [1.165, 1.54) is 0 Å². The molecule has 7 heteroatoms. The van der Waals surface area contributed by atoms with Crippen LogP contribution < -0.4 is 0 Å². The van der Waals surface area contributed by atoms with Gasteiger partial charge in [-0.05, 0) is 55.8 Å². The number of rotatable bonds is 2. The zero-order valence-electron chi connectivity index (χ0n) is 21.6. The summed E-state index contributed by atoms with van der Waals surface area (Å²) in [6, 6.07) is 0. The van der Waals surface area contributed by atoms with Gasteiger partial charge in [-0.2, -0.15) is 0 Å². The lowest BCUT2D eigenvalue weighted by Gasteiger charge is -2.28. The van der Waals surface area contributed by atoms with E-state index in [1.807, 2.05) is 13.8 Å². The molecule has 0 aromatic heterocycles. The predicted octanol–water partition coefficient (Wildman–Crippen LogP) is 4.99. The topological polar surface area (TPSA) is 108 Å². The summed E-state index contributed by atoms with van der Waals surface area (Å²) in [5.41, 5.74) is 0.268. The van der Waals surface area contributed by atoms with E-state index in [2.05, 4.69) is 18.7 Å². The summed E-state index contributed by atoms with van der Waals surface area (Å²) < 4.78 is 5.77. The summed E-state index contributed by atoms with van der Waals surface area (Å²) in [6.07, 6.45) is 7.40. The second kappa shape index (κ2) is 13.8. The number of carboxylic acid groups (broad SMARTS) is 1. The van der Waals surface area contributed by atoms with Gasteiger partial charge in [-0.1, -0.05) is 52.3 Å². The number of carboxylic acids is 1. The van der Waals surface area contributed by atoms with Gasteiger partial charge < -0.3 is 20.1 Å². The molecule has 9 unspecified atom stereocenters. The average molecular weight is 490 g/mol. The Morgan fingerprint density at radius 3 is 2.34 bits per heavy atom. The Hall–Kier alpha value is -2.17. The molecule has 35 heavy (non-hydrogen) atoms. The summed E-state index contributed by atoms with van der Waals surface area (Å²) in [6.45, 7) is 15.7. The molecule has 3 N–H and O–H groups in total. The number of esters is 1. The fraction of sp³-hybridized carbons (Fsp3) is 0.750. The maximum atomic E-state index is 12.7. The fourth-order valence-corrected chi connectivity index (χ4v) is 5.95. The number of hydrogen-bond acceptors (Lipinski definition) is 5. The molecule has 0 spiro atoms. The summed E-state index contributed by atoms with van der Waals surface area (Å²) >= 11 is 0. The molecule has 9 atom stereocenters. The maximum absolute atomic E-state index is 12.7. The Morgan fingerprint density at radius 1 is 1.06 bits per heavy atom. The van der Waals surface area contributed by atoms with Crippen molar-refractivity contribution in [1.29, 1.82) is 0 Å². The smallest absolute Gasteiger partial charge is 0.308 e. The van der Waals surface area contributed by atoms with Gasteiger partial charge >= 0.3 is 11.9 Å². The van der Waals surface area contributed by atoms with Gasteiger partial charge in [-0.15, -0.1) is 0 Å². The molecule has 1 aliphatic heterocycles. The molecule has 2 rings (SSSR count). The largest absolute Gasteiger partial charge is 0.481 e. The number of aliphatic hydroxyl groups is 2. The lowest BCUT2D eigenvalue weighted by atomic mass is 9.82. The minimum atomic E-state index is -0.879. The van der Waals surface area contributed by atoms with Gasteiger partial charge in [0.05, 0.1) is 31.1 Å². The van der Waals surface area contributed by atoms with Crippen LogP contribution in [0.4, 0.5) is 0 Å². The molecular formula is C28H43NO6. The van der Waals surface area contributed by atoms with Gasteiger partial charge in [0, 0.05) is 12.3 Å². The molecule has 0 bridgehead atoms. The lowest BCUT2D eigenvalue weighted by molar-refractivity contribution is -0.159. The molecular weight excluding hydrogens is 446 g/mol. The average Bonchev–Trinajstić information content (AvgIpc) is 3.27. The standard InChI is InChI=1S/C28H43NO6/c1-17-13-18(2)15-20(4)27(32)23(29-5)11-6-7-12-25(21-9-8-10-22(21)28(33)34)35-26(31)16-24(30)19(3)14-17/h6-7,11,17-22,24-25,27,30,32H,8-10,12-16H2,1-4H3,(H,33,34). The van der Waals surface area contributed by atoms with E-state index >= 15 is 0 Å². The van der Waals surface area contributed by atoms with Crippen LogP contribution in [0.1, 0.15) is 79.1 Å². The first-order chi connectivity index (χ1) is 16.5. The van der Waals surface area contributed by atoms with Crippen molar-refractivity contribution < 1.29 is 29.6 Å². The molecule has 0 aromatic carbocycles.